The molecular formula is C14H19BrF2N2. The van der Waals surface area contributed by atoms with E-state index in [1.807, 2.05) is 0 Å². The Morgan fingerprint density at radius 3 is 2.21 bits per heavy atom. The van der Waals surface area contributed by atoms with Crippen LogP contribution in [0.4, 0.5) is 8.78 Å². The molecule has 1 aliphatic rings. The number of nitrogens with one attached hydrogen (secondary N) is 1. The summed E-state index contributed by atoms with van der Waals surface area (Å²) < 4.78 is 28.4. The Hall–Kier alpha value is -0.520. The highest BCUT2D eigenvalue weighted by molar-refractivity contribution is 9.10. The van der Waals surface area contributed by atoms with Crippen LogP contribution in [0.15, 0.2) is 16.6 Å². The van der Waals surface area contributed by atoms with Crippen molar-refractivity contribution in [2.24, 2.45) is 17.7 Å². The van der Waals surface area contributed by atoms with Gasteiger partial charge in [-0.25, -0.2) is 8.78 Å². The number of nitrogens with two attached hydrogens (primary N) is 1. The minimum absolute atomic E-state index is 0.0604. The zero-order valence-corrected chi connectivity index (χ0v) is 12.5. The van der Waals surface area contributed by atoms with Gasteiger partial charge in [0.25, 0.3) is 0 Å². The average Bonchev–Trinajstić information content (AvgIpc) is 2.35. The summed E-state index contributed by atoms with van der Waals surface area (Å²) in [6.45, 7) is 2.21. The smallest absolute Gasteiger partial charge is 0.132 e. The second-order valence-electron chi connectivity index (χ2n) is 5.45. The summed E-state index contributed by atoms with van der Waals surface area (Å²) in [7, 11) is 0. The van der Waals surface area contributed by atoms with Gasteiger partial charge in [-0.3, -0.25) is 11.3 Å². The molecular weight excluding hydrogens is 314 g/mol. The predicted octanol–water partition coefficient (Wildman–Crippen LogP) is 4.06. The summed E-state index contributed by atoms with van der Waals surface area (Å²) in [5.74, 6) is 5.33. The fraction of sp³-hybridized carbons (Fsp3) is 0.571. The first-order chi connectivity index (χ1) is 9.02. The van der Waals surface area contributed by atoms with E-state index in [2.05, 4.69) is 28.3 Å². The summed E-state index contributed by atoms with van der Waals surface area (Å²) in [5.41, 5.74) is 2.67. The zero-order chi connectivity index (χ0) is 14.0. The van der Waals surface area contributed by atoms with Gasteiger partial charge in [-0.05, 0) is 36.8 Å². The summed E-state index contributed by atoms with van der Waals surface area (Å²) >= 11 is 3.09. The molecule has 0 amide bonds. The van der Waals surface area contributed by atoms with Crippen molar-refractivity contribution in [3.63, 3.8) is 0 Å². The van der Waals surface area contributed by atoms with Crippen molar-refractivity contribution in [2.45, 2.75) is 38.6 Å². The van der Waals surface area contributed by atoms with E-state index in [1.54, 1.807) is 0 Å². The molecule has 1 fully saturated rings. The second kappa shape index (κ2) is 6.29. The fourth-order valence-electron chi connectivity index (χ4n) is 2.92. The van der Waals surface area contributed by atoms with Gasteiger partial charge in [-0.2, -0.15) is 0 Å². The van der Waals surface area contributed by atoms with E-state index in [0.29, 0.717) is 10.4 Å². The first-order valence-electron chi connectivity index (χ1n) is 6.63. The number of halogens is 3. The molecule has 0 spiro atoms. The maximum atomic E-state index is 14.0. The summed E-state index contributed by atoms with van der Waals surface area (Å²) in [5, 5.41) is 0. The van der Waals surface area contributed by atoms with Crippen molar-refractivity contribution < 1.29 is 8.78 Å². The van der Waals surface area contributed by atoms with Crippen LogP contribution in [0.25, 0.3) is 0 Å². The lowest BCUT2D eigenvalue weighted by Gasteiger charge is -2.32. The van der Waals surface area contributed by atoms with E-state index < -0.39 is 17.7 Å². The highest BCUT2D eigenvalue weighted by Gasteiger charge is 2.30. The molecule has 5 heteroatoms. The Kier molecular flexibility index (Phi) is 4.92. The molecule has 1 aliphatic carbocycles. The van der Waals surface area contributed by atoms with Crippen LogP contribution in [0.3, 0.4) is 0 Å². The average molecular weight is 333 g/mol. The lowest BCUT2D eigenvalue weighted by Crippen LogP contribution is -2.36. The van der Waals surface area contributed by atoms with Crippen molar-refractivity contribution in [1.82, 2.24) is 5.43 Å². The molecule has 2 rings (SSSR count). The lowest BCUT2D eigenvalue weighted by atomic mass is 9.77. The Balaban J connectivity index is 2.27. The van der Waals surface area contributed by atoms with Crippen LogP contribution in [0.5, 0.6) is 0 Å². The van der Waals surface area contributed by atoms with Gasteiger partial charge in [0.1, 0.15) is 11.6 Å². The zero-order valence-electron chi connectivity index (χ0n) is 10.9. The quantitative estimate of drug-likeness (QED) is 0.647. The van der Waals surface area contributed by atoms with Crippen LogP contribution in [0.2, 0.25) is 0 Å². The molecule has 19 heavy (non-hydrogen) atoms. The Morgan fingerprint density at radius 1 is 1.21 bits per heavy atom. The maximum absolute atomic E-state index is 14.0. The van der Waals surface area contributed by atoms with Gasteiger partial charge >= 0.3 is 0 Å². The Bertz CT molecular complexity index is 422. The van der Waals surface area contributed by atoms with E-state index in [0.717, 1.165) is 25.7 Å². The van der Waals surface area contributed by atoms with Gasteiger partial charge < -0.3 is 0 Å². The number of hydrazine groups is 1. The van der Waals surface area contributed by atoms with E-state index in [9.17, 15) is 8.78 Å². The number of hydrogen-bond acceptors (Lipinski definition) is 2. The standard InChI is InChI=1S/C14H19BrF2N2/c1-8-2-4-9(5-3-8)14(19-18)13-11(16)6-10(15)7-12(13)17/h6-9,14,19H,2-5,18H2,1H3. The molecule has 2 nitrogen and oxygen atoms in total. The summed E-state index contributed by atoms with van der Waals surface area (Å²) in [4.78, 5) is 0. The third kappa shape index (κ3) is 3.33. The molecule has 0 radical (unpaired) electrons. The fourth-order valence-corrected chi connectivity index (χ4v) is 3.33. The van der Waals surface area contributed by atoms with Crippen LogP contribution in [-0.4, -0.2) is 0 Å². The van der Waals surface area contributed by atoms with E-state index in [4.69, 9.17) is 5.84 Å². The van der Waals surface area contributed by atoms with Crippen LogP contribution in [-0.2, 0) is 0 Å². The van der Waals surface area contributed by atoms with Crippen molar-refractivity contribution in [3.8, 4) is 0 Å². The third-order valence-corrected chi connectivity index (χ3v) is 4.52. The van der Waals surface area contributed by atoms with Crippen molar-refractivity contribution in [3.05, 3.63) is 33.8 Å². The SMILES string of the molecule is CC1CCC(C(NN)c2c(F)cc(Br)cc2F)CC1. The minimum Gasteiger partial charge on any atom is -0.271 e. The molecule has 0 aliphatic heterocycles. The number of benzene rings is 1. The largest absolute Gasteiger partial charge is 0.271 e. The normalized spacial score (nSPS) is 25.3. The van der Waals surface area contributed by atoms with Gasteiger partial charge in [0.2, 0.25) is 0 Å². The molecule has 1 saturated carbocycles. The highest BCUT2D eigenvalue weighted by Crippen LogP contribution is 2.38. The first-order valence-corrected chi connectivity index (χ1v) is 7.42. The van der Waals surface area contributed by atoms with E-state index in [1.165, 1.54) is 12.1 Å². The van der Waals surface area contributed by atoms with Crippen LogP contribution >= 0.6 is 15.9 Å². The summed E-state index contributed by atoms with van der Waals surface area (Å²) in [6, 6.07) is 2.11. The molecule has 0 heterocycles. The molecule has 1 aromatic rings. The molecule has 1 unspecified atom stereocenters. The summed E-state index contributed by atoms with van der Waals surface area (Å²) in [6.07, 6.45) is 4.07. The third-order valence-electron chi connectivity index (χ3n) is 4.07. The molecule has 3 N–H and O–H groups in total. The number of rotatable bonds is 3. The van der Waals surface area contributed by atoms with Gasteiger partial charge in [-0.1, -0.05) is 35.7 Å². The second-order valence-corrected chi connectivity index (χ2v) is 6.36. The van der Waals surface area contributed by atoms with Gasteiger partial charge in [0, 0.05) is 10.0 Å². The van der Waals surface area contributed by atoms with Gasteiger partial charge in [0.05, 0.1) is 6.04 Å². The molecule has 0 saturated heterocycles. The van der Waals surface area contributed by atoms with Gasteiger partial charge in [0.15, 0.2) is 0 Å². The van der Waals surface area contributed by atoms with Gasteiger partial charge in [-0.15, -0.1) is 0 Å². The highest BCUT2D eigenvalue weighted by atomic mass is 79.9. The molecule has 0 bridgehead atoms. The Labute approximate surface area is 120 Å². The molecule has 1 atom stereocenters. The van der Waals surface area contributed by atoms with Crippen LogP contribution in [0, 0.1) is 23.5 Å². The monoisotopic (exact) mass is 332 g/mol. The van der Waals surface area contributed by atoms with Crippen molar-refractivity contribution in [1.29, 1.82) is 0 Å². The Morgan fingerprint density at radius 2 is 1.74 bits per heavy atom. The van der Waals surface area contributed by atoms with Crippen molar-refractivity contribution in [2.75, 3.05) is 0 Å². The molecule has 0 aromatic heterocycles. The van der Waals surface area contributed by atoms with Crippen molar-refractivity contribution >= 4 is 15.9 Å². The minimum atomic E-state index is -0.548. The number of hydrogen-bond donors (Lipinski definition) is 2. The van der Waals surface area contributed by atoms with Crippen LogP contribution < -0.4 is 11.3 Å². The lowest BCUT2D eigenvalue weighted by molar-refractivity contribution is 0.226. The topological polar surface area (TPSA) is 38.0 Å². The van der Waals surface area contributed by atoms with E-state index >= 15 is 0 Å². The predicted molar refractivity (Wildman–Crippen MR) is 75.2 cm³/mol. The van der Waals surface area contributed by atoms with Crippen LogP contribution in [0.1, 0.15) is 44.2 Å². The molecule has 106 valence electrons. The molecule has 1 aromatic carbocycles. The first kappa shape index (κ1) is 14.9. The maximum Gasteiger partial charge on any atom is 0.132 e. The van der Waals surface area contributed by atoms with E-state index in [-0.39, 0.29) is 11.5 Å².